The molecule has 1 spiro atoms. The Morgan fingerprint density at radius 3 is 2.39 bits per heavy atom. The van der Waals surface area contributed by atoms with E-state index in [1.807, 2.05) is 23.1 Å². The van der Waals surface area contributed by atoms with Crippen LogP contribution in [0.3, 0.4) is 0 Å². The zero-order chi connectivity index (χ0) is 19.9. The van der Waals surface area contributed by atoms with Crippen LogP contribution >= 0.6 is 39.1 Å². The Morgan fingerprint density at radius 2 is 1.71 bits per heavy atom. The van der Waals surface area contributed by atoms with Gasteiger partial charge in [-0.2, -0.15) is 0 Å². The second-order valence-electron chi connectivity index (χ2n) is 7.34. The summed E-state index contributed by atoms with van der Waals surface area (Å²) in [5.41, 5.74) is 2.42. The van der Waals surface area contributed by atoms with E-state index in [9.17, 15) is 9.59 Å². The predicted octanol–water partition coefficient (Wildman–Crippen LogP) is 5.92. The van der Waals surface area contributed by atoms with Gasteiger partial charge in [0.1, 0.15) is 0 Å². The van der Waals surface area contributed by atoms with Crippen LogP contribution in [-0.2, 0) is 10.2 Å². The largest absolute Gasteiger partial charge is 0.339 e. The highest BCUT2D eigenvalue weighted by atomic mass is 79.9. The molecule has 0 atom stereocenters. The van der Waals surface area contributed by atoms with Gasteiger partial charge in [-0.05, 0) is 42.7 Å². The highest BCUT2D eigenvalue weighted by Gasteiger charge is 2.46. The number of rotatable bonds is 2. The molecule has 0 radical (unpaired) electrons. The van der Waals surface area contributed by atoms with Crippen molar-refractivity contribution in [3.05, 3.63) is 73.7 Å². The molecule has 4 rings (SSSR count). The minimum Gasteiger partial charge on any atom is -0.339 e. The SMILES string of the molecule is O=C1CC2(CCN(C(=O)/C=C/c3c(Cl)cccc3Cl)CC2)c2c(Br)cccc21. The lowest BCUT2D eigenvalue weighted by atomic mass is 9.74. The average Bonchev–Trinajstić information content (AvgIpc) is 2.94. The molecule has 1 aliphatic heterocycles. The van der Waals surface area contributed by atoms with Gasteiger partial charge < -0.3 is 4.90 Å². The molecule has 1 amide bonds. The number of piperidine rings is 1. The maximum Gasteiger partial charge on any atom is 0.246 e. The molecule has 1 saturated heterocycles. The van der Waals surface area contributed by atoms with Gasteiger partial charge in [0.2, 0.25) is 5.91 Å². The van der Waals surface area contributed by atoms with Gasteiger partial charge in [0, 0.05) is 56.6 Å². The molecule has 2 aromatic carbocycles. The molecular formula is C22H18BrCl2NO2. The number of likely N-dealkylation sites (tertiary alicyclic amines) is 1. The van der Waals surface area contributed by atoms with Gasteiger partial charge in [-0.15, -0.1) is 0 Å². The number of ketones is 1. The smallest absolute Gasteiger partial charge is 0.246 e. The Kier molecular flexibility index (Phi) is 5.38. The van der Waals surface area contributed by atoms with Gasteiger partial charge in [-0.3, -0.25) is 9.59 Å². The van der Waals surface area contributed by atoms with E-state index >= 15 is 0 Å². The number of carbonyl (C=O) groups is 2. The van der Waals surface area contributed by atoms with Crippen molar-refractivity contribution in [1.29, 1.82) is 0 Å². The van der Waals surface area contributed by atoms with Gasteiger partial charge >= 0.3 is 0 Å². The van der Waals surface area contributed by atoms with Gasteiger partial charge in [-0.25, -0.2) is 0 Å². The number of halogens is 3. The van der Waals surface area contributed by atoms with Crippen molar-refractivity contribution >= 4 is 56.9 Å². The van der Waals surface area contributed by atoms with Gasteiger partial charge in [0.05, 0.1) is 0 Å². The number of benzene rings is 2. The first-order valence-corrected chi connectivity index (χ1v) is 10.7. The summed E-state index contributed by atoms with van der Waals surface area (Å²) in [5.74, 6) is 0.131. The first-order valence-electron chi connectivity index (χ1n) is 9.14. The Hall–Kier alpha value is -1.62. The Bertz CT molecular complexity index is 974. The van der Waals surface area contributed by atoms with Crippen LogP contribution in [0.1, 0.15) is 40.7 Å². The third kappa shape index (κ3) is 3.42. The van der Waals surface area contributed by atoms with Crippen molar-refractivity contribution in [3.63, 3.8) is 0 Å². The fraction of sp³-hybridized carbons (Fsp3) is 0.273. The summed E-state index contributed by atoms with van der Waals surface area (Å²) in [5, 5.41) is 1.03. The summed E-state index contributed by atoms with van der Waals surface area (Å²) in [6, 6.07) is 11.1. The minimum atomic E-state index is -0.168. The minimum absolute atomic E-state index is 0.0671. The van der Waals surface area contributed by atoms with E-state index in [0.29, 0.717) is 35.1 Å². The van der Waals surface area contributed by atoms with Crippen LogP contribution < -0.4 is 0 Å². The number of Topliss-reactive ketones (excluding diaryl/α,β-unsaturated/α-hetero) is 1. The van der Waals surface area contributed by atoms with Crippen LogP contribution in [0.25, 0.3) is 6.08 Å². The number of carbonyl (C=O) groups excluding carboxylic acids is 2. The third-order valence-corrected chi connectivity index (χ3v) is 7.09. The molecule has 0 unspecified atom stereocenters. The lowest BCUT2D eigenvalue weighted by Gasteiger charge is -2.39. The Labute approximate surface area is 182 Å². The summed E-state index contributed by atoms with van der Waals surface area (Å²) in [7, 11) is 0. The maximum atomic E-state index is 12.7. The number of amides is 1. The molecule has 0 bridgehead atoms. The van der Waals surface area contributed by atoms with Crippen molar-refractivity contribution in [2.75, 3.05) is 13.1 Å². The van der Waals surface area contributed by atoms with E-state index < -0.39 is 0 Å². The summed E-state index contributed by atoms with van der Waals surface area (Å²) < 4.78 is 0.990. The van der Waals surface area contributed by atoms with E-state index in [4.69, 9.17) is 23.2 Å². The molecule has 3 nitrogen and oxygen atoms in total. The highest BCUT2D eigenvalue weighted by molar-refractivity contribution is 9.10. The Balaban J connectivity index is 1.49. The van der Waals surface area contributed by atoms with E-state index in [1.54, 1.807) is 24.3 Å². The van der Waals surface area contributed by atoms with Crippen molar-refractivity contribution in [3.8, 4) is 0 Å². The number of hydrogen-bond donors (Lipinski definition) is 0. The van der Waals surface area contributed by atoms with Crippen LogP contribution in [0, 0.1) is 0 Å². The van der Waals surface area contributed by atoms with Gasteiger partial charge in [-0.1, -0.05) is 57.3 Å². The molecule has 6 heteroatoms. The second kappa shape index (κ2) is 7.66. The van der Waals surface area contributed by atoms with Crippen LogP contribution in [0.15, 0.2) is 46.9 Å². The highest BCUT2D eigenvalue weighted by Crippen LogP contribution is 2.49. The topological polar surface area (TPSA) is 37.4 Å². The molecule has 1 aliphatic carbocycles. The average molecular weight is 479 g/mol. The molecule has 0 aromatic heterocycles. The van der Waals surface area contributed by atoms with Gasteiger partial charge in [0.25, 0.3) is 0 Å². The standard InChI is InChI=1S/C22H18BrCl2NO2/c23-16-4-1-3-15-19(27)13-22(21(15)16)9-11-26(12-10-22)20(28)8-7-14-17(24)5-2-6-18(14)25/h1-8H,9-13H2/b8-7+. The van der Waals surface area contributed by atoms with Crippen LogP contribution in [0.2, 0.25) is 10.0 Å². The zero-order valence-corrected chi connectivity index (χ0v) is 18.1. The number of hydrogen-bond acceptors (Lipinski definition) is 2. The van der Waals surface area contributed by atoms with E-state index in [1.165, 1.54) is 6.08 Å². The van der Waals surface area contributed by atoms with Crippen LogP contribution in [-0.4, -0.2) is 29.7 Å². The normalized spacial score (nSPS) is 18.1. The molecule has 1 heterocycles. The molecule has 2 aromatic rings. The first kappa shape index (κ1) is 19.7. The van der Waals surface area contributed by atoms with Crippen LogP contribution in [0.4, 0.5) is 0 Å². The van der Waals surface area contributed by atoms with E-state index in [0.717, 1.165) is 28.4 Å². The summed E-state index contributed by atoms with van der Waals surface area (Å²) in [4.78, 5) is 27.0. The second-order valence-corrected chi connectivity index (χ2v) is 9.01. The maximum absolute atomic E-state index is 12.7. The van der Waals surface area contributed by atoms with Gasteiger partial charge in [0.15, 0.2) is 5.78 Å². The Morgan fingerprint density at radius 1 is 1.07 bits per heavy atom. The first-order chi connectivity index (χ1) is 13.4. The predicted molar refractivity (Wildman–Crippen MR) is 116 cm³/mol. The monoisotopic (exact) mass is 477 g/mol. The fourth-order valence-corrected chi connectivity index (χ4v) is 5.61. The summed E-state index contributed by atoms with van der Waals surface area (Å²) >= 11 is 15.9. The molecule has 2 aliphatic rings. The van der Waals surface area contributed by atoms with E-state index in [-0.39, 0.29) is 17.1 Å². The summed E-state index contributed by atoms with van der Waals surface area (Å²) in [6.45, 7) is 1.24. The van der Waals surface area contributed by atoms with Crippen molar-refractivity contribution in [2.45, 2.75) is 24.7 Å². The molecule has 0 saturated carbocycles. The fourth-order valence-electron chi connectivity index (χ4n) is 4.30. The van der Waals surface area contributed by atoms with Crippen molar-refractivity contribution in [1.82, 2.24) is 4.90 Å². The van der Waals surface area contributed by atoms with Crippen LogP contribution in [0.5, 0.6) is 0 Å². The van der Waals surface area contributed by atoms with E-state index in [2.05, 4.69) is 15.9 Å². The quantitative estimate of drug-likeness (QED) is 0.502. The lowest BCUT2D eigenvalue weighted by molar-refractivity contribution is -0.127. The zero-order valence-electron chi connectivity index (χ0n) is 15.1. The third-order valence-electron chi connectivity index (χ3n) is 5.77. The lowest BCUT2D eigenvalue weighted by Crippen LogP contribution is -2.44. The molecule has 1 fully saturated rings. The molecule has 0 N–H and O–H groups in total. The molecular weight excluding hydrogens is 461 g/mol. The molecule has 28 heavy (non-hydrogen) atoms. The number of fused-ring (bicyclic) bond motifs is 2. The van der Waals surface area contributed by atoms with Crippen molar-refractivity contribution < 1.29 is 9.59 Å². The molecule has 144 valence electrons. The van der Waals surface area contributed by atoms with Crippen molar-refractivity contribution in [2.24, 2.45) is 0 Å². The summed E-state index contributed by atoms with van der Waals surface area (Å²) in [6.07, 6.45) is 5.27. The number of nitrogens with zero attached hydrogens (tertiary/aromatic N) is 1.